The number of hydrogen-bond donors (Lipinski definition) is 1. The first-order valence-electron chi connectivity index (χ1n) is 10.2. The van der Waals surface area contributed by atoms with E-state index in [1.165, 1.54) is 4.90 Å². The number of quaternary nitrogens is 1. The van der Waals surface area contributed by atoms with E-state index in [2.05, 4.69) is 12.2 Å². The zero-order valence-corrected chi connectivity index (χ0v) is 16.4. The molecule has 1 heterocycles. The number of rotatable bonds is 8. The van der Waals surface area contributed by atoms with Crippen molar-refractivity contribution in [2.45, 2.75) is 25.4 Å². The summed E-state index contributed by atoms with van der Waals surface area (Å²) in [5, 5.41) is 0. The molecule has 2 aliphatic rings. The Bertz CT molecular complexity index is 599. The maximum absolute atomic E-state index is 13.4. The van der Waals surface area contributed by atoms with Gasteiger partial charge in [0.25, 0.3) is 5.91 Å². The molecule has 0 spiro atoms. The lowest BCUT2D eigenvalue weighted by atomic mass is 9.93. The van der Waals surface area contributed by atoms with Gasteiger partial charge in [-0.2, -0.15) is 0 Å². The van der Waals surface area contributed by atoms with Crippen molar-refractivity contribution in [3.05, 3.63) is 48.0 Å². The number of carbonyl (C=O) groups excluding carboxylic acids is 1. The second-order valence-electron chi connectivity index (χ2n) is 7.57. The average Bonchev–Trinajstić information content (AvgIpc) is 2.74. The Kier molecular flexibility index (Phi) is 7.87. The van der Waals surface area contributed by atoms with Crippen molar-refractivity contribution in [1.29, 1.82) is 0 Å². The molecule has 3 rings (SSSR count). The van der Waals surface area contributed by atoms with Gasteiger partial charge in [-0.25, -0.2) is 0 Å². The van der Waals surface area contributed by atoms with Crippen molar-refractivity contribution in [3.8, 4) is 0 Å². The molecule has 1 N–H and O–H groups in total. The zero-order valence-electron chi connectivity index (χ0n) is 16.4. The molecule has 1 aliphatic heterocycles. The van der Waals surface area contributed by atoms with Crippen molar-refractivity contribution in [2.75, 3.05) is 53.0 Å². The van der Waals surface area contributed by atoms with E-state index in [1.54, 1.807) is 7.11 Å². The first-order chi connectivity index (χ1) is 13.3. The minimum Gasteiger partial charge on any atom is -0.370 e. The van der Waals surface area contributed by atoms with Crippen LogP contribution in [0.25, 0.3) is 0 Å². The summed E-state index contributed by atoms with van der Waals surface area (Å²) < 4.78 is 11.1. The van der Waals surface area contributed by atoms with E-state index in [0.29, 0.717) is 5.92 Å². The molecule has 1 saturated heterocycles. The number of nitrogens with one attached hydrogen (secondary N) is 1. The fourth-order valence-corrected chi connectivity index (χ4v) is 4.00. The number of morpholine rings is 1. The molecule has 1 amide bonds. The SMILES string of the molecule is CO[C@H](C(=O)N(CC[NH+]1CCOCC1)C[C@H]1CC=CCC1)c1ccccc1. The molecule has 1 fully saturated rings. The van der Waals surface area contributed by atoms with Gasteiger partial charge in [-0.15, -0.1) is 0 Å². The molecule has 0 saturated carbocycles. The molecule has 27 heavy (non-hydrogen) atoms. The first-order valence-corrected chi connectivity index (χ1v) is 10.2. The molecule has 0 aromatic heterocycles. The largest absolute Gasteiger partial charge is 0.370 e. The molecule has 1 aromatic carbocycles. The minimum absolute atomic E-state index is 0.0888. The number of nitrogens with zero attached hydrogens (tertiary/aromatic N) is 1. The van der Waals surface area contributed by atoms with Gasteiger partial charge in [0, 0.05) is 13.7 Å². The van der Waals surface area contributed by atoms with Crippen LogP contribution in [0.3, 0.4) is 0 Å². The summed E-state index contributed by atoms with van der Waals surface area (Å²) in [5.41, 5.74) is 0.928. The van der Waals surface area contributed by atoms with E-state index in [-0.39, 0.29) is 5.91 Å². The fourth-order valence-electron chi connectivity index (χ4n) is 4.00. The zero-order chi connectivity index (χ0) is 18.9. The maximum Gasteiger partial charge on any atom is 0.256 e. The summed E-state index contributed by atoms with van der Waals surface area (Å²) in [4.78, 5) is 16.9. The highest BCUT2D eigenvalue weighted by Crippen LogP contribution is 2.23. The Morgan fingerprint density at radius 1 is 1.26 bits per heavy atom. The summed E-state index contributed by atoms with van der Waals surface area (Å²) in [6.07, 6.45) is 7.33. The summed E-state index contributed by atoms with van der Waals surface area (Å²) in [6.45, 7) is 6.27. The van der Waals surface area contributed by atoms with Gasteiger partial charge in [-0.3, -0.25) is 4.79 Å². The first kappa shape index (κ1) is 20.1. The van der Waals surface area contributed by atoms with Gasteiger partial charge in [0.15, 0.2) is 6.10 Å². The molecule has 1 aromatic rings. The van der Waals surface area contributed by atoms with Crippen molar-refractivity contribution in [3.63, 3.8) is 0 Å². The molecule has 0 radical (unpaired) electrons. The normalized spacial score (nSPS) is 21.7. The molecular formula is C22H33N2O3+. The fraction of sp³-hybridized carbons (Fsp3) is 0.591. The van der Waals surface area contributed by atoms with Crippen LogP contribution < -0.4 is 4.90 Å². The molecule has 5 heteroatoms. The third-order valence-corrected chi connectivity index (χ3v) is 5.67. The van der Waals surface area contributed by atoms with Gasteiger partial charge in [0.05, 0.1) is 26.3 Å². The van der Waals surface area contributed by atoms with Gasteiger partial charge >= 0.3 is 0 Å². The third kappa shape index (κ3) is 5.89. The predicted octanol–water partition coefficient (Wildman–Crippen LogP) is 1.47. The summed E-state index contributed by atoms with van der Waals surface area (Å²) in [7, 11) is 1.63. The van der Waals surface area contributed by atoms with E-state index in [0.717, 1.165) is 70.8 Å². The topological polar surface area (TPSA) is 43.2 Å². The molecule has 0 unspecified atom stereocenters. The monoisotopic (exact) mass is 373 g/mol. The van der Waals surface area contributed by atoms with E-state index in [9.17, 15) is 4.79 Å². The Balaban J connectivity index is 1.68. The highest BCUT2D eigenvalue weighted by molar-refractivity contribution is 5.82. The van der Waals surface area contributed by atoms with Crippen LogP contribution in [0.2, 0.25) is 0 Å². The van der Waals surface area contributed by atoms with Crippen LogP contribution >= 0.6 is 0 Å². The van der Waals surface area contributed by atoms with Crippen LogP contribution in [0.5, 0.6) is 0 Å². The molecule has 1 aliphatic carbocycles. The number of amides is 1. The highest BCUT2D eigenvalue weighted by atomic mass is 16.5. The number of benzene rings is 1. The van der Waals surface area contributed by atoms with E-state index < -0.39 is 6.10 Å². The van der Waals surface area contributed by atoms with Crippen molar-refractivity contribution < 1.29 is 19.2 Å². The molecule has 0 bridgehead atoms. The Labute approximate surface area is 162 Å². The third-order valence-electron chi connectivity index (χ3n) is 5.67. The van der Waals surface area contributed by atoms with Crippen LogP contribution in [-0.2, 0) is 14.3 Å². The standard InChI is InChI=1S/C22H32N2O3/c1-26-21(20-10-6-3-7-11-20)22(25)24(18-19-8-4-2-5-9-19)13-12-23-14-16-27-17-15-23/h2-4,6-7,10-11,19,21H,5,8-9,12-18H2,1H3/p+1/t19-,21-/m0/s1. The maximum atomic E-state index is 13.4. The summed E-state index contributed by atoms with van der Waals surface area (Å²) in [6, 6.07) is 9.84. The van der Waals surface area contributed by atoms with Gasteiger partial charge in [0.1, 0.15) is 13.1 Å². The average molecular weight is 374 g/mol. The second kappa shape index (κ2) is 10.6. The van der Waals surface area contributed by atoms with Crippen molar-refractivity contribution in [2.24, 2.45) is 5.92 Å². The smallest absolute Gasteiger partial charge is 0.256 e. The predicted molar refractivity (Wildman–Crippen MR) is 106 cm³/mol. The number of allylic oxidation sites excluding steroid dienone is 2. The lowest BCUT2D eigenvalue weighted by Crippen LogP contribution is -3.14. The van der Waals surface area contributed by atoms with E-state index >= 15 is 0 Å². The van der Waals surface area contributed by atoms with Crippen LogP contribution in [0.1, 0.15) is 30.9 Å². The Hall–Kier alpha value is -1.69. The minimum atomic E-state index is -0.523. The summed E-state index contributed by atoms with van der Waals surface area (Å²) >= 11 is 0. The van der Waals surface area contributed by atoms with Crippen LogP contribution in [0.15, 0.2) is 42.5 Å². The number of ether oxygens (including phenoxy) is 2. The summed E-state index contributed by atoms with van der Waals surface area (Å²) in [5.74, 6) is 0.637. The number of methoxy groups -OCH3 is 1. The molecule has 148 valence electrons. The van der Waals surface area contributed by atoms with Gasteiger partial charge < -0.3 is 19.3 Å². The lowest BCUT2D eigenvalue weighted by molar-refractivity contribution is -0.907. The number of hydrogen-bond acceptors (Lipinski definition) is 3. The van der Waals surface area contributed by atoms with Gasteiger partial charge in [0.2, 0.25) is 0 Å². The molecule has 2 atom stereocenters. The van der Waals surface area contributed by atoms with Crippen LogP contribution in [-0.4, -0.2) is 63.9 Å². The Morgan fingerprint density at radius 2 is 2.04 bits per heavy atom. The second-order valence-corrected chi connectivity index (χ2v) is 7.57. The Morgan fingerprint density at radius 3 is 2.70 bits per heavy atom. The van der Waals surface area contributed by atoms with Gasteiger partial charge in [-0.1, -0.05) is 42.5 Å². The van der Waals surface area contributed by atoms with Crippen LogP contribution in [0, 0.1) is 5.92 Å². The molecule has 5 nitrogen and oxygen atoms in total. The lowest BCUT2D eigenvalue weighted by Gasteiger charge is -2.32. The van der Waals surface area contributed by atoms with Crippen molar-refractivity contribution in [1.82, 2.24) is 4.90 Å². The highest BCUT2D eigenvalue weighted by Gasteiger charge is 2.29. The van der Waals surface area contributed by atoms with Gasteiger partial charge in [-0.05, 0) is 30.7 Å². The van der Waals surface area contributed by atoms with E-state index in [4.69, 9.17) is 9.47 Å². The van der Waals surface area contributed by atoms with Crippen molar-refractivity contribution >= 4 is 5.91 Å². The number of carbonyl (C=O) groups is 1. The quantitative estimate of drug-likeness (QED) is 0.702. The van der Waals surface area contributed by atoms with E-state index in [1.807, 2.05) is 35.2 Å². The van der Waals surface area contributed by atoms with Crippen LogP contribution in [0.4, 0.5) is 0 Å². The molecular weight excluding hydrogens is 340 g/mol.